The second-order valence-corrected chi connectivity index (χ2v) is 5.03. The van der Waals surface area contributed by atoms with E-state index in [1.807, 2.05) is 0 Å². The Morgan fingerprint density at radius 3 is 1.76 bits per heavy atom. The number of ether oxygens (including phenoxy) is 2. The number of nitrogens with one attached hydrogen (secondary N) is 2. The molecule has 2 atom stereocenters. The topological polar surface area (TPSA) is 42.5 Å². The first-order valence-electron chi connectivity index (χ1n) is 7.10. The maximum absolute atomic E-state index is 5.55. The van der Waals surface area contributed by atoms with E-state index < -0.39 is 0 Å². The van der Waals surface area contributed by atoms with E-state index in [-0.39, 0.29) is 0 Å². The normalized spacial score (nSPS) is 28.9. The van der Waals surface area contributed by atoms with Gasteiger partial charge >= 0.3 is 0 Å². The van der Waals surface area contributed by atoms with Gasteiger partial charge in [0.1, 0.15) is 0 Å². The van der Waals surface area contributed by atoms with Crippen LogP contribution in [-0.2, 0) is 9.47 Å². The van der Waals surface area contributed by atoms with Gasteiger partial charge in [-0.3, -0.25) is 0 Å². The van der Waals surface area contributed by atoms with Crippen LogP contribution in [0, 0.1) is 0 Å². The molecule has 4 nitrogen and oxygen atoms in total. The molecule has 2 aliphatic rings. The molecule has 0 aromatic rings. The summed E-state index contributed by atoms with van der Waals surface area (Å²) in [6.45, 7) is 6.11. The summed E-state index contributed by atoms with van der Waals surface area (Å²) in [6.07, 6.45) is 7.03. The summed E-state index contributed by atoms with van der Waals surface area (Å²) in [6, 6.07) is 0. The Labute approximate surface area is 104 Å². The van der Waals surface area contributed by atoms with Crippen LogP contribution in [0.15, 0.2) is 0 Å². The van der Waals surface area contributed by atoms with Gasteiger partial charge in [0, 0.05) is 26.3 Å². The first kappa shape index (κ1) is 13.3. The van der Waals surface area contributed by atoms with Crippen LogP contribution in [0.2, 0.25) is 0 Å². The second-order valence-electron chi connectivity index (χ2n) is 5.03. The minimum atomic E-state index is 0.467. The fraction of sp³-hybridized carbons (Fsp3) is 1.00. The van der Waals surface area contributed by atoms with E-state index in [9.17, 15) is 0 Å². The molecule has 4 heteroatoms. The van der Waals surface area contributed by atoms with Crippen molar-refractivity contribution in [2.24, 2.45) is 0 Å². The predicted molar refractivity (Wildman–Crippen MR) is 68.3 cm³/mol. The number of hydrogen-bond donors (Lipinski definition) is 2. The van der Waals surface area contributed by atoms with Crippen LogP contribution in [0.5, 0.6) is 0 Å². The van der Waals surface area contributed by atoms with Crippen LogP contribution < -0.4 is 10.6 Å². The molecule has 100 valence electrons. The summed E-state index contributed by atoms with van der Waals surface area (Å²) < 4.78 is 11.1. The van der Waals surface area contributed by atoms with Crippen molar-refractivity contribution in [2.45, 2.75) is 44.3 Å². The third kappa shape index (κ3) is 5.34. The lowest BCUT2D eigenvalue weighted by molar-refractivity contribution is 0.109. The first-order valence-corrected chi connectivity index (χ1v) is 7.10. The summed E-state index contributed by atoms with van der Waals surface area (Å²) in [4.78, 5) is 0. The molecule has 0 saturated carbocycles. The molecule has 0 amide bonds. The molecule has 2 unspecified atom stereocenters. The van der Waals surface area contributed by atoms with Crippen LogP contribution >= 0.6 is 0 Å². The molecule has 2 aliphatic heterocycles. The van der Waals surface area contributed by atoms with E-state index in [1.54, 1.807) is 0 Å². The van der Waals surface area contributed by atoms with Crippen molar-refractivity contribution in [3.8, 4) is 0 Å². The lowest BCUT2D eigenvalue weighted by Crippen LogP contribution is -2.31. The van der Waals surface area contributed by atoms with Crippen molar-refractivity contribution >= 4 is 0 Å². The van der Waals surface area contributed by atoms with Gasteiger partial charge in [-0.1, -0.05) is 0 Å². The number of rotatable bonds is 8. The van der Waals surface area contributed by atoms with E-state index in [0.29, 0.717) is 12.2 Å². The molecule has 2 rings (SSSR count). The van der Waals surface area contributed by atoms with Crippen molar-refractivity contribution in [1.82, 2.24) is 10.6 Å². The predicted octanol–water partition coefficient (Wildman–Crippen LogP) is 0.914. The second kappa shape index (κ2) is 8.03. The molecular formula is C13H26N2O2. The summed E-state index contributed by atoms with van der Waals surface area (Å²) in [5.41, 5.74) is 0. The standard InChI is InChI=1S/C13H26N2O2/c1-4-12(16-8-1)10-14-6-3-7-15-11-13-5-2-9-17-13/h12-15H,1-11H2. The largest absolute Gasteiger partial charge is 0.377 e. The lowest BCUT2D eigenvalue weighted by atomic mass is 10.2. The first-order chi connectivity index (χ1) is 8.45. The van der Waals surface area contributed by atoms with Crippen molar-refractivity contribution in [3.63, 3.8) is 0 Å². The Bertz CT molecular complexity index is 170. The summed E-state index contributed by atoms with van der Waals surface area (Å²) >= 11 is 0. The molecule has 0 radical (unpaired) electrons. The summed E-state index contributed by atoms with van der Waals surface area (Å²) in [7, 11) is 0. The van der Waals surface area contributed by atoms with Crippen LogP contribution in [-0.4, -0.2) is 51.6 Å². The fourth-order valence-corrected chi connectivity index (χ4v) is 2.48. The monoisotopic (exact) mass is 242 g/mol. The minimum absolute atomic E-state index is 0.467. The minimum Gasteiger partial charge on any atom is -0.377 e. The molecule has 0 aromatic carbocycles. The maximum Gasteiger partial charge on any atom is 0.0700 e. The van der Waals surface area contributed by atoms with Gasteiger partial charge in [-0.05, 0) is 45.2 Å². The highest BCUT2D eigenvalue weighted by molar-refractivity contribution is 4.69. The van der Waals surface area contributed by atoms with Crippen LogP contribution in [0.3, 0.4) is 0 Å². The van der Waals surface area contributed by atoms with Crippen LogP contribution in [0.4, 0.5) is 0 Å². The summed E-state index contributed by atoms with van der Waals surface area (Å²) in [5, 5.41) is 6.92. The Hall–Kier alpha value is -0.160. The molecule has 0 bridgehead atoms. The van der Waals surface area contributed by atoms with Crippen LogP contribution in [0.1, 0.15) is 32.1 Å². The molecule has 2 saturated heterocycles. The average Bonchev–Trinajstić information content (AvgIpc) is 3.00. The van der Waals surface area contributed by atoms with E-state index in [2.05, 4.69) is 10.6 Å². The molecule has 0 aliphatic carbocycles. The van der Waals surface area contributed by atoms with Gasteiger partial charge in [0.05, 0.1) is 12.2 Å². The van der Waals surface area contributed by atoms with Crippen molar-refractivity contribution in [2.75, 3.05) is 39.4 Å². The highest BCUT2D eigenvalue weighted by atomic mass is 16.5. The smallest absolute Gasteiger partial charge is 0.0700 e. The van der Waals surface area contributed by atoms with Gasteiger partial charge in [-0.25, -0.2) is 0 Å². The summed E-state index contributed by atoms with van der Waals surface area (Å²) in [5.74, 6) is 0. The van der Waals surface area contributed by atoms with Gasteiger partial charge in [-0.2, -0.15) is 0 Å². The van der Waals surface area contributed by atoms with E-state index in [1.165, 1.54) is 32.1 Å². The third-order valence-electron chi connectivity index (χ3n) is 3.50. The van der Waals surface area contributed by atoms with Crippen molar-refractivity contribution in [3.05, 3.63) is 0 Å². The van der Waals surface area contributed by atoms with Gasteiger partial charge in [0.15, 0.2) is 0 Å². The third-order valence-corrected chi connectivity index (χ3v) is 3.50. The SMILES string of the molecule is C(CNCC1CCCO1)CNCC1CCCO1. The Kier molecular flexibility index (Phi) is 6.27. The van der Waals surface area contributed by atoms with Gasteiger partial charge in [-0.15, -0.1) is 0 Å². The highest BCUT2D eigenvalue weighted by Crippen LogP contribution is 2.11. The molecule has 2 N–H and O–H groups in total. The van der Waals surface area contributed by atoms with Crippen LogP contribution in [0.25, 0.3) is 0 Å². The lowest BCUT2D eigenvalue weighted by Gasteiger charge is -2.12. The zero-order valence-corrected chi connectivity index (χ0v) is 10.7. The quantitative estimate of drug-likeness (QED) is 0.621. The zero-order chi connectivity index (χ0) is 11.8. The van der Waals surface area contributed by atoms with E-state index >= 15 is 0 Å². The average molecular weight is 242 g/mol. The van der Waals surface area contributed by atoms with E-state index in [4.69, 9.17) is 9.47 Å². The Morgan fingerprint density at radius 1 is 0.824 bits per heavy atom. The van der Waals surface area contributed by atoms with Gasteiger partial charge in [0.25, 0.3) is 0 Å². The molecular weight excluding hydrogens is 216 g/mol. The van der Waals surface area contributed by atoms with Crippen molar-refractivity contribution in [1.29, 1.82) is 0 Å². The van der Waals surface area contributed by atoms with Gasteiger partial charge in [0.2, 0.25) is 0 Å². The fourth-order valence-electron chi connectivity index (χ4n) is 2.48. The Morgan fingerprint density at radius 2 is 1.35 bits per heavy atom. The Balaban J connectivity index is 1.33. The maximum atomic E-state index is 5.55. The molecule has 17 heavy (non-hydrogen) atoms. The highest BCUT2D eigenvalue weighted by Gasteiger charge is 2.15. The molecule has 2 fully saturated rings. The van der Waals surface area contributed by atoms with Gasteiger partial charge < -0.3 is 20.1 Å². The zero-order valence-electron chi connectivity index (χ0n) is 10.7. The van der Waals surface area contributed by atoms with Crippen molar-refractivity contribution < 1.29 is 9.47 Å². The molecule has 0 aromatic heterocycles. The number of hydrogen-bond acceptors (Lipinski definition) is 4. The molecule has 0 spiro atoms. The van der Waals surface area contributed by atoms with E-state index in [0.717, 1.165) is 39.4 Å². The molecule has 2 heterocycles.